The van der Waals surface area contributed by atoms with Gasteiger partial charge >= 0.3 is 0 Å². The van der Waals surface area contributed by atoms with Crippen molar-refractivity contribution in [3.8, 4) is 5.75 Å². The van der Waals surface area contributed by atoms with Gasteiger partial charge in [-0.3, -0.25) is 9.69 Å². The number of carbonyl (C=O) groups is 1. The highest BCUT2D eigenvalue weighted by Crippen LogP contribution is 2.29. The quantitative estimate of drug-likeness (QED) is 0.597. The van der Waals surface area contributed by atoms with Crippen molar-refractivity contribution in [3.63, 3.8) is 0 Å². The van der Waals surface area contributed by atoms with Crippen LogP contribution in [0.5, 0.6) is 5.75 Å². The topological polar surface area (TPSA) is 42.1 Å². The fraction of sp³-hybridized carbons (Fsp3) is 0.174. The average Bonchev–Trinajstić information content (AvgIpc) is 3.53. The second-order valence-electron chi connectivity index (χ2n) is 6.56. The first-order valence-corrected chi connectivity index (χ1v) is 9.02. The molecule has 1 unspecified atom stereocenters. The molecule has 1 aliphatic rings. The van der Waals surface area contributed by atoms with Gasteiger partial charge in [-0.2, -0.15) is 0 Å². The Hall–Kier alpha value is -3.11. The van der Waals surface area contributed by atoms with Gasteiger partial charge in [-0.15, -0.1) is 0 Å². The van der Waals surface area contributed by atoms with Crippen molar-refractivity contribution in [1.29, 1.82) is 0 Å². The van der Waals surface area contributed by atoms with Crippen molar-refractivity contribution < 1.29 is 14.3 Å². The first-order valence-electron chi connectivity index (χ1n) is 9.02. The molecule has 27 heavy (non-hydrogen) atoms. The molecule has 1 saturated heterocycles. The molecule has 136 valence electrons. The molecule has 1 fully saturated rings. The van der Waals surface area contributed by atoms with Crippen LogP contribution in [0, 0.1) is 6.92 Å². The minimum absolute atomic E-state index is 0.0763. The molecule has 4 nitrogen and oxygen atoms in total. The summed E-state index contributed by atoms with van der Waals surface area (Å²) in [5.74, 6) is 0.709. The van der Waals surface area contributed by atoms with E-state index in [0.29, 0.717) is 12.2 Å². The Labute approximate surface area is 159 Å². The molecule has 0 aromatic heterocycles. The predicted molar refractivity (Wildman–Crippen MR) is 106 cm³/mol. The average molecular weight is 359 g/mol. The van der Waals surface area contributed by atoms with E-state index in [9.17, 15) is 4.79 Å². The molecule has 1 amide bonds. The maximum absolute atomic E-state index is 13.4. The van der Waals surface area contributed by atoms with Crippen molar-refractivity contribution in [3.05, 3.63) is 90.0 Å². The van der Waals surface area contributed by atoms with Crippen molar-refractivity contribution in [1.82, 2.24) is 0 Å². The second-order valence-corrected chi connectivity index (χ2v) is 6.56. The van der Waals surface area contributed by atoms with Crippen molar-refractivity contribution in [2.45, 2.75) is 13.0 Å². The van der Waals surface area contributed by atoms with E-state index >= 15 is 0 Å². The molecule has 1 heterocycles. The largest absolute Gasteiger partial charge is 0.491 e. The Kier molecular flexibility index (Phi) is 4.90. The van der Waals surface area contributed by atoms with E-state index < -0.39 is 0 Å². The first kappa shape index (κ1) is 17.3. The summed E-state index contributed by atoms with van der Waals surface area (Å²) in [5.41, 5.74) is 3.22. The zero-order valence-electron chi connectivity index (χ0n) is 15.2. The number of aryl methyl sites for hydroxylation is 1. The van der Waals surface area contributed by atoms with Crippen LogP contribution in [0.15, 0.2) is 78.9 Å². The monoisotopic (exact) mass is 359 g/mol. The van der Waals surface area contributed by atoms with E-state index in [4.69, 9.17) is 9.47 Å². The summed E-state index contributed by atoms with van der Waals surface area (Å²) in [6.45, 7) is 3.27. The van der Waals surface area contributed by atoms with Crippen LogP contribution in [0.3, 0.4) is 0 Å². The molecule has 1 atom stereocenters. The van der Waals surface area contributed by atoms with Gasteiger partial charge < -0.3 is 9.47 Å². The van der Waals surface area contributed by atoms with Gasteiger partial charge in [-0.25, -0.2) is 0 Å². The van der Waals surface area contributed by atoms with Gasteiger partial charge in [0.2, 0.25) is 0 Å². The molecule has 3 aromatic carbocycles. The van der Waals surface area contributed by atoms with Gasteiger partial charge in [0.1, 0.15) is 18.5 Å². The standard InChI is InChI=1S/C23H21NO3/c1-17-14-18(12-13-22(17)27-16-21-15-26-21)23(25)24(19-8-4-2-5-9-19)20-10-6-3-7-11-20/h2-14,21H,15-16H2,1H3. The fourth-order valence-corrected chi connectivity index (χ4v) is 2.96. The van der Waals surface area contributed by atoms with Crippen LogP contribution >= 0.6 is 0 Å². The van der Waals surface area contributed by atoms with Crippen LogP contribution in [0.4, 0.5) is 11.4 Å². The number of amides is 1. The van der Waals surface area contributed by atoms with Crippen molar-refractivity contribution in [2.75, 3.05) is 18.1 Å². The Morgan fingerprint density at radius 1 is 1.00 bits per heavy atom. The summed E-state index contributed by atoms with van der Waals surface area (Å²) in [5, 5.41) is 0. The van der Waals surface area contributed by atoms with Crippen LogP contribution in [0.2, 0.25) is 0 Å². The summed E-state index contributed by atoms with van der Waals surface area (Å²) in [7, 11) is 0. The first-order chi connectivity index (χ1) is 13.2. The van der Waals surface area contributed by atoms with E-state index in [2.05, 4.69) is 0 Å². The zero-order valence-corrected chi connectivity index (χ0v) is 15.2. The van der Waals surface area contributed by atoms with Gasteiger partial charge in [-0.1, -0.05) is 36.4 Å². The van der Waals surface area contributed by atoms with Gasteiger partial charge in [0, 0.05) is 16.9 Å². The number of epoxide rings is 1. The molecule has 0 aliphatic carbocycles. The van der Waals surface area contributed by atoms with Gasteiger partial charge in [0.05, 0.1) is 6.61 Å². The third kappa shape index (κ3) is 4.01. The van der Waals surface area contributed by atoms with E-state index in [1.54, 1.807) is 4.90 Å². The predicted octanol–water partition coefficient (Wildman–Crippen LogP) is 4.75. The Balaban J connectivity index is 1.64. The summed E-state index contributed by atoms with van der Waals surface area (Å²) in [6, 6.07) is 24.9. The lowest BCUT2D eigenvalue weighted by molar-refractivity contribution is 0.0999. The van der Waals surface area contributed by atoms with Crippen LogP contribution in [-0.4, -0.2) is 25.2 Å². The molecule has 4 heteroatoms. The van der Waals surface area contributed by atoms with E-state index in [0.717, 1.165) is 29.3 Å². The summed E-state index contributed by atoms with van der Waals surface area (Å²) in [6.07, 6.45) is 0.206. The third-order valence-electron chi connectivity index (χ3n) is 4.48. The summed E-state index contributed by atoms with van der Waals surface area (Å²) < 4.78 is 11.0. The highest BCUT2D eigenvalue weighted by atomic mass is 16.6. The van der Waals surface area contributed by atoms with Crippen LogP contribution in [-0.2, 0) is 4.74 Å². The number of rotatable bonds is 6. The number of para-hydroxylation sites is 2. The van der Waals surface area contributed by atoms with Crippen molar-refractivity contribution >= 4 is 17.3 Å². The summed E-state index contributed by atoms with van der Waals surface area (Å²) >= 11 is 0. The highest BCUT2D eigenvalue weighted by Gasteiger charge is 2.24. The number of nitrogens with zero attached hydrogens (tertiary/aromatic N) is 1. The van der Waals surface area contributed by atoms with E-state index in [-0.39, 0.29) is 12.0 Å². The van der Waals surface area contributed by atoms with Crippen molar-refractivity contribution in [2.24, 2.45) is 0 Å². The normalized spacial score (nSPS) is 15.2. The number of anilines is 2. The lowest BCUT2D eigenvalue weighted by atomic mass is 10.1. The zero-order chi connectivity index (χ0) is 18.6. The molecule has 3 aromatic rings. The maximum atomic E-state index is 13.4. The molecule has 1 aliphatic heterocycles. The lowest BCUT2D eigenvalue weighted by Crippen LogP contribution is -2.26. The molecular weight excluding hydrogens is 338 g/mol. The second kappa shape index (κ2) is 7.64. The maximum Gasteiger partial charge on any atom is 0.262 e. The SMILES string of the molecule is Cc1cc(C(=O)N(c2ccccc2)c2ccccc2)ccc1OCC1CO1. The molecule has 0 spiro atoms. The van der Waals surface area contributed by atoms with Crippen LogP contribution in [0.1, 0.15) is 15.9 Å². The van der Waals surface area contributed by atoms with Crippen LogP contribution in [0.25, 0.3) is 0 Å². The van der Waals surface area contributed by atoms with Gasteiger partial charge in [-0.05, 0) is 55.0 Å². The highest BCUT2D eigenvalue weighted by molar-refractivity contribution is 6.11. The smallest absolute Gasteiger partial charge is 0.262 e. The Bertz CT molecular complexity index is 881. The molecule has 0 bridgehead atoms. The Morgan fingerprint density at radius 2 is 1.59 bits per heavy atom. The Morgan fingerprint density at radius 3 is 2.11 bits per heavy atom. The fourth-order valence-electron chi connectivity index (χ4n) is 2.96. The molecular formula is C23H21NO3. The van der Waals surface area contributed by atoms with Gasteiger partial charge in [0.15, 0.2) is 0 Å². The molecule has 0 N–H and O–H groups in total. The number of ether oxygens (including phenoxy) is 2. The van der Waals surface area contributed by atoms with E-state index in [1.165, 1.54) is 0 Å². The van der Waals surface area contributed by atoms with E-state index in [1.807, 2.05) is 85.8 Å². The third-order valence-corrected chi connectivity index (χ3v) is 4.48. The summed E-state index contributed by atoms with van der Waals surface area (Å²) in [4.78, 5) is 15.1. The molecule has 0 radical (unpaired) electrons. The lowest BCUT2D eigenvalue weighted by Gasteiger charge is -2.23. The minimum Gasteiger partial charge on any atom is -0.491 e. The van der Waals surface area contributed by atoms with Crippen LogP contribution < -0.4 is 9.64 Å². The number of hydrogen-bond acceptors (Lipinski definition) is 3. The number of hydrogen-bond donors (Lipinski definition) is 0. The molecule has 0 saturated carbocycles. The number of benzene rings is 3. The minimum atomic E-state index is -0.0763. The molecule has 4 rings (SSSR count). The number of carbonyl (C=O) groups excluding carboxylic acids is 1. The van der Waals surface area contributed by atoms with Gasteiger partial charge in [0.25, 0.3) is 5.91 Å².